The second-order valence-corrected chi connectivity index (χ2v) is 8.05. The summed E-state index contributed by atoms with van der Waals surface area (Å²) in [5.41, 5.74) is 0. The summed E-state index contributed by atoms with van der Waals surface area (Å²) in [4.78, 5) is 10.5. The summed E-state index contributed by atoms with van der Waals surface area (Å²) in [6, 6.07) is 2.38. The fraction of sp³-hybridized carbons (Fsp3) is 0.545. The first-order chi connectivity index (χ1) is 9.88. The van der Waals surface area contributed by atoms with Gasteiger partial charge in [-0.3, -0.25) is 0 Å². The van der Waals surface area contributed by atoms with Gasteiger partial charge in [0.2, 0.25) is 10.0 Å². The SMILES string of the molecule is O=C(O)CO[C@@H]1COCC[C@H]1NS(=O)(=O)c1ccc(Cl)s1. The molecule has 118 valence electrons. The third-order valence-electron chi connectivity index (χ3n) is 2.84. The van der Waals surface area contributed by atoms with E-state index in [0.717, 1.165) is 11.3 Å². The van der Waals surface area contributed by atoms with Gasteiger partial charge in [-0.1, -0.05) is 11.6 Å². The maximum absolute atomic E-state index is 12.2. The van der Waals surface area contributed by atoms with Gasteiger partial charge in [0.15, 0.2) is 0 Å². The van der Waals surface area contributed by atoms with Crippen molar-refractivity contribution in [1.82, 2.24) is 4.72 Å². The molecular weight excluding hydrogens is 342 g/mol. The first kappa shape index (κ1) is 16.7. The molecule has 0 unspecified atom stereocenters. The molecule has 1 aromatic rings. The van der Waals surface area contributed by atoms with Crippen molar-refractivity contribution in [2.75, 3.05) is 19.8 Å². The van der Waals surface area contributed by atoms with E-state index in [1.54, 1.807) is 0 Å². The van der Waals surface area contributed by atoms with Crippen molar-refractivity contribution < 1.29 is 27.8 Å². The Morgan fingerprint density at radius 1 is 1.57 bits per heavy atom. The smallest absolute Gasteiger partial charge is 0.329 e. The summed E-state index contributed by atoms with van der Waals surface area (Å²) in [5, 5.41) is 8.63. The minimum Gasteiger partial charge on any atom is -0.480 e. The molecule has 0 aromatic carbocycles. The Morgan fingerprint density at radius 3 is 2.95 bits per heavy atom. The maximum atomic E-state index is 12.2. The molecule has 2 rings (SSSR count). The van der Waals surface area contributed by atoms with Crippen molar-refractivity contribution >= 4 is 38.9 Å². The van der Waals surface area contributed by atoms with Gasteiger partial charge in [0.25, 0.3) is 0 Å². The Morgan fingerprint density at radius 2 is 2.33 bits per heavy atom. The number of nitrogens with one attached hydrogen (secondary N) is 1. The molecule has 1 saturated heterocycles. The van der Waals surface area contributed by atoms with Crippen LogP contribution in [0.5, 0.6) is 0 Å². The van der Waals surface area contributed by atoms with E-state index in [2.05, 4.69) is 4.72 Å². The minimum absolute atomic E-state index is 0.107. The lowest BCUT2D eigenvalue weighted by Crippen LogP contribution is -2.50. The van der Waals surface area contributed by atoms with E-state index >= 15 is 0 Å². The van der Waals surface area contributed by atoms with Gasteiger partial charge in [0, 0.05) is 6.61 Å². The van der Waals surface area contributed by atoms with Crippen molar-refractivity contribution in [1.29, 1.82) is 0 Å². The van der Waals surface area contributed by atoms with Crippen LogP contribution in [-0.4, -0.2) is 51.5 Å². The van der Waals surface area contributed by atoms with Gasteiger partial charge >= 0.3 is 5.97 Å². The summed E-state index contributed by atoms with van der Waals surface area (Å²) >= 11 is 6.69. The summed E-state index contributed by atoms with van der Waals surface area (Å²) in [7, 11) is -3.71. The van der Waals surface area contributed by atoms with Gasteiger partial charge in [-0.25, -0.2) is 17.9 Å². The van der Waals surface area contributed by atoms with Crippen LogP contribution in [0, 0.1) is 0 Å². The number of halogens is 1. The van der Waals surface area contributed by atoms with Crippen molar-refractivity contribution in [2.45, 2.75) is 22.8 Å². The van der Waals surface area contributed by atoms with Gasteiger partial charge in [-0.15, -0.1) is 11.3 Å². The zero-order valence-corrected chi connectivity index (χ0v) is 13.2. The average molecular weight is 356 g/mol. The largest absolute Gasteiger partial charge is 0.480 e. The molecule has 1 aliphatic heterocycles. The van der Waals surface area contributed by atoms with Crippen molar-refractivity contribution in [3.05, 3.63) is 16.5 Å². The first-order valence-electron chi connectivity index (χ1n) is 6.07. The minimum atomic E-state index is -3.71. The van der Waals surface area contributed by atoms with Crippen LogP contribution in [-0.2, 0) is 24.3 Å². The van der Waals surface area contributed by atoms with Crippen LogP contribution in [0.2, 0.25) is 4.34 Å². The number of hydrogen-bond acceptors (Lipinski definition) is 6. The Bertz CT molecular complexity index is 602. The second-order valence-electron chi connectivity index (χ2n) is 4.39. The molecule has 7 nitrogen and oxygen atoms in total. The highest BCUT2D eigenvalue weighted by Crippen LogP contribution is 2.26. The Labute approximate surface area is 130 Å². The van der Waals surface area contributed by atoms with E-state index in [1.165, 1.54) is 12.1 Å². The topological polar surface area (TPSA) is 102 Å². The molecule has 10 heteroatoms. The van der Waals surface area contributed by atoms with Crippen molar-refractivity contribution in [3.8, 4) is 0 Å². The lowest BCUT2D eigenvalue weighted by Gasteiger charge is -2.31. The van der Waals surface area contributed by atoms with E-state index in [0.29, 0.717) is 17.4 Å². The lowest BCUT2D eigenvalue weighted by atomic mass is 10.1. The van der Waals surface area contributed by atoms with Gasteiger partial charge in [0.05, 0.1) is 23.1 Å². The highest BCUT2D eigenvalue weighted by molar-refractivity contribution is 7.91. The second kappa shape index (κ2) is 7.03. The molecule has 1 aromatic heterocycles. The van der Waals surface area contributed by atoms with Crippen LogP contribution in [0.3, 0.4) is 0 Å². The van der Waals surface area contributed by atoms with Gasteiger partial charge < -0.3 is 14.6 Å². The fourth-order valence-corrected chi connectivity index (χ4v) is 4.69. The Kier molecular flexibility index (Phi) is 5.58. The average Bonchev–Trinajstić information content (AvgIpc) is 2.85. The van der Waals surface area contributed by atoms with E-state index in [9.17, 15) is 13.2 Å². The summed E-state index contributed by atoms with van der Waals surface area (Å²) in [5.74, 6) is -1.12. The molecule has 21 heavy (non-hydrogen) atoms. The maximum Gasteiger partial charge on any atom is 0.329 e. The van der Waals surface area contributed by atoms with Gasteiger partial charge in [-0.2, -0.15) is 0 Å². The third kappa shape index (κ3) is 4.63. The molecule has 2 heterocycles. The van der Waals surface area contributed by atoms with Crippen LogP contribution < -0.4 is 4.72 Å². The first-order valence-corrected chi connectivity index (χ1v) is 8.75. The van der Waals surface area contributed by atoms with Crippen LogP contribution in [0.25, 0.3) is 0 Å². The number of hydrogen-bond donors (Lipinski definition) is 2. The molecule has 0 bridgehead atoms. The Balaban J connectivity index is 2.06. The molecule has 0 saturated carbocycles. The molecular formula is C11H14ClNO6S2. The molecule has 1 aliphatic rings. The number of carbonyl (C=O) groups is 1. The van der Waals surface area contributed by atoms with Crippen molar-refractivity contribution in [2.24, 2.45) is 0 Å². The number of aliphatic carboxylic acids is 1. The molecule has 1 fully saturated rings. The number of carboxylic acids is 1. The lowest BCUT2D eigenvalue weighted by molar-refractivity contribution is -0.148. The summed E-state index contributed by atoms with van der Waals surface area (Å²) in [6.45, 7) is 0.0219. The molecule has 0 spiro atoms. The standard InChI is InChI=1S/C11H14ClNO6S2/c12-9-1-2-11(20-9)21(16,17)13-7-3-4-18-5-8(7)19-6-10(14)15/h1-2,7-8,13H,3-6H2,(H,14,15)/t7-,8-/m1/s1. The summed E-state index contributed by atoms with van der Waals surface area (Å²) in [6.07, 6.45) is -0.233. The molecule has 0 amide bonds. The molecule has 0 radical (unpaired) electrons. The van der Waals surface area contributed by atoms with E-state index in [1.807, 2.05) is 0 Å². The number of rotatable bonds is 6. The Hall–Kier alpha value is -0.710. The predicted octanol–water partition coefficient (Wildman–Crippen LogP) is 0.939. The van der Waals surface area contributed by atoms with Crippen LogP contribution in [0.1, 0.15) is 6.42 Å². The monoisotopic (exact) mass is 355 g/mol. The molecule has 2 N–H and O–H groups in total. The zero-order valence-electron chi connectivity index (χ0n) is 10.8. The highest BCUT2D eigenvalue weighted by Gasteiger charge is 2.31. The van der Waals surface area contributed by atoms with Crippen molar-refractivity contribution in [3.63, 3.8) is 0 Å². The van der Waals surface area contributed by atoms with E-state index < -0.39 is 34.7 Å². The fourth-order valence-electron chi connectivity index (χ4n) is 1.89. The quantitative estimate of drug-likeness (QED) is 0.787. The molecule has 0 aliphatic carbocycles. The van der Waals surface area contributed by atoms with E-state index in [4.69, 9.17) is 26.2 Å². The molecule has 2 atom stereocenters. The van der Waals surface area contributed by atoms with Gasteiger partial charge in [0.1, 0.15) is 10.8 Å². The summed E-state index contributed by atoms with van der Waals surface area (Å²) < 4.78 is 37.8. The number of thiophene rings is 1. The number of sulfonamides is 1. The number of ether oxygens (including phenoxy) is 2. The zero-order chi connectivity index (χ0) is 15.5. The number of carboxylic acid groups (broad SMARTS) is 1. The van der Waals surface area contributed by atoms with Crippen LogP contribution >= 0.6 is 22.9 Å². The van der Waals surface area contributed by atoms with Gasteiger partial charge in [-0.05, 0) is 18.6 Å². The highest BCUT2D eigenvalue weighted by atomic mass is 35.5. The van der Waals surface area contributed by atoms with Crippen LogP contribution in [0.4, 0.5) is 0 Å². The van der Waals surface area contributed by atoms with Crippen LogP contribution in [0.15, 0.2) is 16.3 Å². The predicted molar refractivity (Wildman–Crippen MR) is 76.3 cm³/mol. The van der Waals surface area contributed by atoms with E-state index in [-0.39, 0.29) is 10.8 Å². The third-order valence-corrected chi connectivity index (χ3v) is 6.06. The normalized spacial score (nSPS) is 23.1.